The lowest BCUT2D eigenvalue weighted by Gasteiger charge is -2.67. The first kappa shape index (κ1) is 25.9. The van der Waals surface area contributed by atoms with E-state index in [0.717, 1.165) is 24.0 Å². The predicted octanol–water partition coefficient (Wildman–Crippen LogP) is 5.34. The molecule has 0 radical (unpaired) electrons. The molecule has 1 aromatic rings. The molecule has 4 aliphatic carbocycles. The monoisotopic (exact) mass is 506 g/mol. The van der Waals surface area contributed by atoms with E-state index < -0.39 is 51.7 Å². The van der Waals surface area contributed by atoms with Crippen LogP contribution < -0.4 is 0 Å². The topological polar surface area (TPSA) is 93.8 Å². The van der Waals surface area contributed by atoms with E-state index in [0.29, 0.717) is 5.57 Å². The normalized spacial score (nSPS) is 42.5. The zero-order valence-corrected chi connectivity index (χ0v) is 22.8. The van der Waals surface area contributed by atoms with Crippen molar-refractivity contribution in [2.75, 3.05) is 0 Å². The second kappa shape index (κ2) is 8.13. The summed E-state index contributed by atoms with van der Waals surface area (Å²) in [6.45, 7) is 13.5. The van der Waals surface area contributed by atoms with Crippen LogP contribution in [0.4, 0.5) is 0 Å². The Morgan fingerprint density at radius 1 is 1.19 bits per heavy atom. The molecule has 198 valence electrons. The molecule has 5 rings (SSSR count). The van der Waals surface area contributed by atoms with Crippen molar-refractivity contribution >= 4 is 17.5 Å². The van der Waals surface area contributed by atoms with Crippen LogP contribution in [0.2, 0.25) is 0 Å². The number of hydrogen-bond donors (Lipinski definition) is 1. The van der Waals surface area contributed by atoms with Crippen molar-refractivity contribution in [3.05, 3.63) is 59.6 Å². The van der Waals surface area contributed by atoms with E-state index in [4.69, 9.17) is 9.15 Å². The Kier molecular flexibility index (Phi) is 5.69. The fraction of sp³-hybridized carbons (Fsp3) is 0.581. The molecule has 4 aliphatic rings. The summed E-state index contributed by atoms with van der Waals surface area (Å²) in [5.41, 5.74) is -0.511. The lowest BCUT2D eigenvalue weighted by molar-refractivity contribution is -0.227. The van der Waals surface area contributed by atoms with Crippen molar-refractivity contribution in [1.82, 2.24) is 0 Å². The van der Waals surface area contributed by atoms with E-state index >= 15 is 0 Å². The first-order chi connectivity index (χ1) is 17.2. The Balaban J connectivity index is 1.72. The van der Waals surface area contributed by atoms with E-state index in [1.165, 1.54) is 0 Å². The number of fused-ring (bicyclic) bond motifs is 5. The second-order valence-corrected chi connectivity index (χ2v) is 12.8. The average Bonchev–Trinajstić information content (AvgIpc) is 3.44. The van der Waals surface area contributed by atoms with Crippen LogP contribution in [0.1, 0.15) is 72.8 Å². The van der Waals surface area contributed by atoms with E-state index in [2.05, 4.69) is 20.8 Å². The van der Waals surface area contributed by atoms with Crippen molar-refractivity contribution in [1.29, 1.82) is 0 Å². The van der Waals surface area contributed by atoms with Gasteiger partial charge in [0.25, 0.3) is 0 Å². The summed E-state index contributed by atoms with van der Waals surface area (Å²) in [7, 11) is 0. The minimum absolute atomic E-state index is 0.00643. The van der Waals surface area contributed by atoms with E-state index in [-0.39, 0.29) is 17.5 Å². The van der Waals surface area contributed by atoms with Gasteiger partial charge in [-0.2, -0.15) is 0 Å². The Labute approximate surface area is 218 Å². The molecule has 6 nitrogen and oxygen atoms in total. The van der Waals surface area contributed by atoms with E-state index in [9.17, 15) is 19.5 Å². The molecule has 0 unspecified atom stereocenters. The maximum Gasteiger partial charge on any atom is 0.333 e. The van der Waals surface area contributed by atoms with Gasteiger partial charge in [0.15, 0.2) is 11.6 Å². The number of furan rings is 1. The van der Waals surface area contributed by atoms with Gasteiger partial charge in [-0.3, -0.25) is 9.59 Å². The summed E-state index contributed by atoms with van der Waals surface area (Å²) in [5, 5.41) is 12.1. The largest absolute Gasteiger partial charge is 0.472 e. The van der Waals surface area contributed by atoms with Gasteiger partial charge < -0.3 is 14.3 Å². The van der Waals surface area contributed by atoms with Gasteiger partial charge in [-0.25, -0.2) is 4.79 Å². The molecule has 1 heterocycles. The number of aliphatic hydroxyl groups excluding tert-OH is 1. The van der Waals surface area contributed by atoms with E-state index in [1.54, 1.807) is 44.6 Å². The van der Waals surface area contributed by atoms with Crippen LogP contribution in [-0.4, -0.2) is 34.9 Å². The van der Waals surface area contributed by atoms with Gasteiger partial charge in [0.05, 0.1) is 24.5 Å². The summed E-state index contributed by atoms with van der Waals surface area (Å²) in [4.78, 5) is 39.8. The molecule has 2 fully saturated rings. The number of aliphatic hydroxyl groups is 1. The number of esters is 1. The maximum atomic E-state index is 13.6. The summed E-state index contributed by atoms with van der Waals surface area (Å²) < 4.78 is 11.6. The van der Waals surface area contributed by atoms with Gasteiger partial charge in [-0.15, -0.1) is 0 Å². The molecule has 6 heteroatoms. The predicted molar refractivity (Wildman–Crippen MR) is 138 cm³/mol. The van der Waals surface area contributed by atoms with Crippen molar-refractivity contribution < 1.29 is 28.6 Å². The molecule has 1 aromatic heterocycles. The third-order valence-corrected chi connectivity index (χ3v) is 10.6. The quantitative estimate of drug-likeness (QED) is 0.440. The van der Waals surface area contributed by atoms with Gasteiger partial charge in [0, 0.05) is 33.3 Å². The van der Waals surface area contributed by atoms with Crippen LogP contribution in [-0.2, 0) is 19.1 Å². The number of rotatable bonds is 3. The second-order valence-electron chi connectivity index (χ2n) is 12.8. The standard InChI is InChI=1S/C31H38O6/c1-8-17(2)27(35)37-26-24(34)25-28(3,4)22(33)10-13-30(25,6)20-9-12-29(5)21(31(20,26)7)15-19(32)23(29)18-11-14-36-16-18/h8,10-11,13-16,20,23-26,34H,9,12H2,1-7H3/b17-8-/t20-,23-,24-,25+,26-,29-,30-,31-/m1/s1. The summed E-state index contributed by atoms with van der Waals surface area (Å²) in [6.07, 6.45) is 9.79. The van der Waals surface area contributed by atoms with Crippen LogP contribution in [0.15, 0.2) is 58.5 Å². The smallest absolute Gasteiger partial charge is 0.333 e. The van der Waals surface area contributed by atoms with Crippen LogP contribution in [0.3, 0.4) is 0 Å². The maximum absolute atomic E-state index is 13.6. The van der Waals surface area contributed by atoms with Crippen molar-refractivity contribution in [3.63, 3.8) is 0 Å². The molecule has 8 atom stereocenters. The van der Waals surface area contributed by atoms with Crippen LogP contribution >= 0.6 is 0 Å². The lowest BCUT2D eigenvalue weighted by Crippen LogP contribution is -2.70. The third kappa shape index (κ3) is 3.24. The number of allylic oxidation sites excluding steroid dienone is 4. The van der Waals surface area contributed by atoms with Crippen LogP contribution in [0, 0.1) is 33.5 Å². The third-order valence-electron chi connectivity index (χ3n) is 10.6. The molecule has 0 amide bonds. The zero-order valence-electron chi connectivity index (χ0n) is 22.8. The Hall–Kier alpha value is -2.73. The van der Waals surface area contributed by atoms with Crippen molar-refractivity contribution in [3.8, 4) is 0 Å². The summed E-state index contributed by atoms with van der Waals surface area (Å²) in [6, 6.07) is 1.84. The molecule has 0 spiro atoms. The van der Waals surface area contributed by atoms with Crippen LogP contribution in [0.25, 0.3) is 0 Å². The first-order valence-corrected chi connectivity index (χ1v) is 13.3. The molecule has 37 heavy (non-hydrogen) atoms. The molecule has 0 bridgehead atoms. The van der Waals surface area contributed by atoms with Gasteiger partial charge in [0.1, 0.15) is 6.10 Å². The highest BCUT2D eigenvalue weighted by molar-refractivity contribution is 6.01. The first-order valence-electron chi connectivity index (χ1n) is 13.3. The van der Waals surface area contributed by atoms with Gasteiger partial charge in [-0.05, 0) is 61.8 Å². The minimum Gasteiger partial charge on any atom is -0.472 e. The van der Waals surface area contributed by atoms with Gasteiger partial charge in [-0.1, -0.05) is 46.8 Å². The highest BCUT2D eigenvalue weighted by Crippen LogP contribution is 2.72. The Bertz CT molecular complexity index is 1250. The van der Waals surface area contributed by atoms with Crippen molar-refractivity contribution in [2.24, 2.45) is 33.5 Å². The number of carbonyl (C=O) groups excluding carboxylic acids is 3. The molecular formula is C31H38O6. The number of ether oxygens (including phenoxy) is 1. The number of ketones is 2. The van der Waals surface area contributed by atoms with Gasteiger partial charge >= 0.3 is 5.97 Å². The molecule has 0 saturated heterocycles. The molecule has 1 N–H and O–H groups in total. The molecule has 0 aliphatic heterocycles. The zero-order chi connectivity index (χ0) is 27.1. The number of carbonyl (C=O) groups is 3. The lowest BCUT2D eigenvalue weighted by atomic mass is 9.38. The number of hydrogen-bond acceptors (Lipinski definition) is 6. The minimum atomic E-state index is -1.10. The SMILES string of the molecule is C/C=C(/C)C(=O)O[C@@H]1[C@H](O)[C@H]2C(C)(C)C(=O)C=C[C@]2(C)[C@H]2CC[C@]3(C)C(=CC(=O)[C@H]3c3ccoc3)[C@]12C. The summed E-state index contributed by atoms with van der Waals surface area (Å²) in [5.74, 6) is -1.43. The highest BCUT2D eigenvalue weighted by atomic mass is 16.6. The summed E-state index contributed by atoms with van der Waals surface area (Å²) >= 11 is 0. The van der Waals surface area contributed by atoms with E-state index in [1.807, 2.05) is 26.0 Å². The van der Waals surface area contributed by atoms with Gasteiger partial charge in [0.2, 0.25) is 0 Å². The average molecular weight is 507 g/mol. The fourth-order valence-corrected chi connectivity index (χ4v) is 8.80. The molecule has 2 saturated carbocycles. The fourth-order valence-electron chi connectivity index (χ4n) is 8.80. The van der Waals surface area contributed by atoms with Crippen molar-refractivity contribution in [2.45, 2.75) is 79.4 Å². The highest BCUT2D eigenvalue weighted by Gasteiger charge is 2.72. The Morgan fingerprint density at radius 2 is 1.89 bits per heavy atom. The Morgan fingerprint density at radius 3 is 2.51 bits per heavy atom. The molecule has 0 aromatic carbocycles. The molecular weight excluding hydrogens is 468 g/mol. The van der Waals surface area contributed by atoms with Crippen LogP contribution in [0.5, 0.6) is 0 Å².